The first-order chi connectivity index (χ1) is 15.0. The summed E-state index contributed by atoms with van der Waals surface area (Å²) in [5.41, 5.74) is 5.45. The van der Waals surface area contributed by atoms with Gasteiger partial charge < -0.3 is 0 Å². The molecule has 0 bridgehead atoms. The smallest absolute Gasteiger partial charge is 0.233 e. The summed E-state index contributed by atoms with van der Waals surface area (Å²) < 4.78 is 1.15. The lowest BCUT2D eigenvalue weighted by Gasteiger charge is -2.20. The first-order valence-electron chi connectivity index (χ1n) is 10.5. The van der Waals surface area contributed by atoms with Crippen molar-refractivity contribution in [1.29, 1.82) is 0 Å². The minimum absolute atomic E-state index is 0.0640. The monoisotopic (exact) mass is 446 g/mol. The third-order valence-corrected chi connectivity index (χ3v) is 7.34. The van der Waals surface area contributed by atoms with E-state index in [9.17, 15) is 4.79 Å². The van der Waals surface area contributed by atoms with Crippen LogP contribution in [0, 0.1) is 13.8 Å². The second-order valence-corrected chi connectivity index (χ2v) is 9.91. The number of hydrogen-bond donors (Lipinski definition) is 0. The molecular weight excluding hydrogens is 420 g/mol. The van der Waals surface area contributed by atoms with E-state index in [2.05, 4.69) is 69.3 Å². The van der Waals surface area contributed by atoms with Crippen LogP contribution in [0.5, 0.6) is 0 Å². The highest BCUT2D eigenvalue weighted by Gasteiger charge is 2.21. The second kappa shape index (κ2) is 9.67. The van der Waals surface area contributed by atoms with Crippen LogP contribution >= 0.6 is 23.1 Å². The number of benzene rings is 3. The molecule has 158 valence electrons. The topological polar surface area (TPSA) is 33.2 Å². The van der Waals surface area contributed by atoms with Crippen LogP contribution in [0.3, 0.4) is 0 Å². The minimum Gasteiger partial charge on any atom is -0.283 e. The average Bonchev–Trinajstić information content (AvgIpc) is 3.23. The van der Waals surface area contributed by atoms with Crippen molar-refractivity contribution in [2.24, 2.45) is 0 Å². The van der Waals surface area contributed by atoms with E-state index in [0.29, 0.717) is 13.0 Å². The van der Waals surface area contributed by atoms with Crippen molar-refractivity contribution >= 4 is 44.4 Å². The molecule has 31 heavy (non-hydrogen) atoms. The number of fused-ring (bicyclic) bond motifs is 1. The molecule has 4 aromatic rings. The molecule has 3 aromatic carbocycles. The molecule has 0 aliphatic heterocycles. The number of hydrogen-bond acceptors (Lipinski definition) is 4. The number of rotatable bonds is 7. The van der Waals surface area contributed by atoms with Gasteiger partial charge in [-0.25, -0.2) is 4.98 Å². The van der Waals surface area contributed by atoms with E-state index in [1.54, 1.807) is 11.3 Å². The van der Waals surface area contributed by atoms with Crippen molar-refractivity contribution in [2.45, 2.75) is 38.6 Å². The highest BCUT2D eigenvalue weighted by Crippen LogP contribution is 2.34. The highest BCUT2D eigenvalue weighted by molar-refractivity contribution is 7.99. The Morgan fingerprint density at radius 1 is 0.935 bits per heavy atom. The molecule has 0 saturated carbocycles. The van der Waals surface area contributed by atoms with Crippen LogP contribution < -0.4 is 4.90 Å². The lowest BCUT2D eigenvalue weighted by Crippen LogP contribution is -2.31. The summed E-state index contributed by atoms with van der Waals surface area (Å²) in [7, 11) is 0. The number of thioether (sulfide) groups is 1. The lowest BCUT2D eigenvalue weighted by molar-refractivity contribution is -0.118. The van der Waals surface area contributed by atoms with Crippen molar-refractivity contribution in [2.75, 3.05) is 10.7 Å². The number of thiazole rings is 1. The van der Waals surface area contributed by atoms with E-state index >= 15 is 0 Å². The Bertz CT molecular complexity index is 1140. The zero-order chi connectivity index (χ0) is 21.8. The third-order valence-electron chi connectivity index (χ3n) is 5.24. The van der Waals surface area contributed by atoms with E-state index in [1.165, 1.54) is 10.5 Å². The SMILES string of the molecule is CCSc1ccc(CC(=O)N(Cc2ccccc2)c2nc3c(C)ccc(C)c3s2)cc1. The van der Waals surface area contributed by atoms with Gasteiger partial charge in [-0.05, 0) is 54.0 Å². The number of carbonyl (C=O) groups is 1. The maximum atomic E-state index is 13.5. The van der Waals surface area contributed by atoms with Crippen LogP contribution in [0.4, 0.5) is 5.13 Å². The highest BCUT2D eigenvalue weighted by atomic mass is 32.2. The van der Waals surface area contributed by atoms with Gasteiger partial charge in [-0.15, -0.1) is 11.8 Å². The molecule has 1 amide bonds. The molecular formula is C26H26N2OS2. The van der Waals surface area contributed by atoms with Gasteiger partial charge in [0.05, 0.1) is 23.2 Å². The Morgan fingerprint density at radius 2 is 1.65 bits per heavy atom. The van der Waals surface area contributed by atoms with Gasteiger partial charge in [-0.3, -0.25) is 9.69 Å². The fourth-order valence-electron chi connectivity index (χ4n) is 3.53. The first-order valence-corrected chi connectivity index (χ1v) is 12.3. The van der Waals surface area contributed by atoms with Crippen LogP contribution in [0.2, 0.25) is 0 Å². The normalized spacial score (nSPS) is 11.1. The Hall–Kier alpha value is -2.63. The standard InChI is InChI=1S/C26H26N2OS2/c1-4-30-22-14-12-20(13-15-22)16-23(29)28(17-21-8-6-5-7-9-21)26-27-24-18(2)10-11-19(3)25(24)31-26/h5-15H,4,16-17H2,1-3H3. The number of aryl methyl sites for hydroxylation is 2. The molecule has 0 aliphatic rings. The van der Waals surface area contributed by atoms with E-state index in [1.807, 2.05) is 34.9 Å². The predicted molar refractivity (Wildman–Crippen MR) is 133 cm³/mol. The van der Waals surface area contributed by atoms with Gasteiger partial charge in [0.2, 0.25) is 5.91 Å². The predicted octanol–water partition coefficient (Wildman–Crippen LogP) is 6.80. The quantitative estimate of drug-likeness (QED) is 0.293. The van der Waals surface area contributed by atoms with Crippen LogP contribution in [-0.4, -0.2) is 16.6 Å². The maximum absolute atomic E-state index is 13.5. The molecule has 0 fully saturated rings. The number of amides is 1. The molecule has 0 saturated heterocycles. The van der Waals surface area contributed by atoms with Crippen LogP contribution in [0.25, 0.3) is 10.2 Å². The van der Waals surface area contributed by atoms with Gasteiger partial charge in [0, 0.05) is 4.90 Å². The number of nitrogens with zero attached hydrogens (tertiary/aromatic N) is 2. The van der Waals surface area contributed by atoms with Gasteiger partial charge in [-0.2, -0.15) is 0 Å². The van der Waals surface area contributed by atoms with Crippen LogP contribution in [-0.2, 0) is 17.8 Å². The van der Waals surface area contributed by atoms with Crippen molar-refractivity contribution in [3.63, 3.8) is 0 Å². The molecule has 0 atom stereocenters. The summed E-state index contributed by atoms with van der Waals surface area (Å²) in [5, 5.41) is 0.763. The Morgan fingerprint density at radius 3 is 2.32 bits per heavy atom. The molecule has 1 heterocycles. The number of carbonyl (C=O) groups excluding carboxylic acids is 1. The van der Waals surface area contributed by atoms with Crippen LogP contribution in [0.15, 0.2) is 71.6 Å². The summed E-state index contributed by atoms with van der Waals surface area (Å²) in [4.78, 5) is 21.4. The van der Waals surface area contributed by atoms with Crippen molar-refractivity contribution in [1.82, 2.24) is 4.98 Å². The number of aromatic nitrogens is 1. The molecule has 0 unspecified atom stereocenters. The molecule has 1 aromatic heterocycles. The van der Waals surface area contributed by atoms with E-state index in [0.717, 1.165) is 37.8 Å². The first kappa shape index (κ1) is 21.6. The summed E-state index contributed by atoms with van der Waals surface area (Å²) >= 11 is 3.41. The van der Waals surface area contributed by atoms with Crippen molar-refractivity contribution in [3.05, 3.63) is 89.0 Å². The molecule has 0 aliphatic carbocycles. The Kier molecular flexibility index (Phi) is 6.73. The van der Waals surface area contributed by atoms with Gasteiger partial charge in [-0.1, -0.05) is 72.9 Å². The summed E-state index contributed by atoms with van der Waals surface area (Å²) in [6.07, 6.45) is 0.359. The molecule has 0 N–H and O–H groups in total. The average molecular weight is 447 g/mol. The molecule has 5 heteroatoms. The van der Waals surface area contributed by atoms with Crippen molar-refractivity contribution in [3.8, 4) is 0 Å². The van der Waals surface area contributed by atoms with Gasteiger partial charge in [0.15, 0.2) is 5.13 Å². The zero-order valence-corrected chi connectivity index (χ0v) is 19.7. The Labute approximate surface area is 192 Å². The van der Waals surface area contributed by atoms with E-state index in [4.69, 9.17) is 4.98 Å². The zero-order valence-electron chi connectivity index (χ0n) is 18.1. The fourth-order valence-corrected chi connectivity index (χ4v) is 5.32. The van der Waals surface area contributed by atoms with E-state index < -0.39 is 0 Å². The van der Waals surface area contributed by atoms with Crippen LogP contribution in [0.1, 0.15) is 29.2 Å². The largest absolute Gasteiger partial charge is 0.283 e. The van der Waals surface area contributed by atoms with Crippen molar-refractivity contribution < 1.29 is 4.79 Å². The maximum Gasteiger partial charge on any atom is 0.233 e. The summed E-state index contributed by atoms with van der Waals surface area (Å²) in [5.74, 6) is 1.11. The van der Waals surface area contributed by atoms with Gasteiger partial charge >= 0.3 is 0 Å². The summed E-state index contributed by atoms with van der Waals surface area (Å²) in [6, 6.07) is 22.7. The van der Waals surface area contributed by atoms with Gasteiger partial charge in [0.1, 0.15) is 0 Å². The summed E-state index contributed by atoms with van der Waals surface area (Å²) in [6.45, 7) is 6.83. The molecule has 3 nitrogen and oxygen atoms in total. The molecule has 0 radical (unpaired) electrons. The van der Waals surface area contributed by atoms with Gasteiger partial charge in [0.25, 0.3) is 0 Å². The molecule has 0 spiro atoms. The lowest BCUT2D eigenvalue weighted by atomic mass is 10.1. The third kappa shape index (κ3) is 5.00. The Balaban J connectivity index is 1.66. The number of anilines is 1. The second-order valence-electron chi connectivity index (χ2n) is 7.59. The van der Waals surface area contributed by atoms with E-state index in [-0.39, 0.29) is 5.91 Å². The fraction of sp³-hybridized carbons (Fsp3) is 0.231. The molecule has 4 rings (SSSR count). The minimum atomic E-state index is 0.0640.